The molecular weight excluding hydrogens is 354 g/mol. The third-order valence-electron chi connectivity index (χ3n) is 5.17. The molecule has 0 bridgehead atoms. The van der Waals surface area contributed by atoms with Gasteiger partial charge in [0, 0.05) is 18.9 Å². The molecule has 0 saturated heterocycles. The van der Waals surface area contributed by atoms with Crippen molar-refractivity contribution in [2.45, 2.75) is 51.9 Å². The molecule has 4 rings (SSSR count). The fourth-order valence-electron chi connectivity index (χ4n) is 3.80. The largest absolute Gasteiger partial charge is 0.378 e. The van der Waals surface area contributed by atoms with E-state index in [-0.39, 0.29) is 0 Å². The Labute approximate surface area is 165 Å². The topological polar surface area (TPSA) is 73.6 Å². The molecule has 1 N–H and O–H groups in total. The Kier molecular flexibility index (Phi) is 5.83. The van der Waals surface area contributed by atoms with Gasteiger partial charge in [-0.05, 0) is 36.5 Å². The second-order valence-corrected chi connectivity index (χ2v) is 7.57. The number of anilines is 2. The van der Waals surface area contributed by atoms with Crippen molar-refractivity contribution in [3.63, 3.8) is 0 Å². The van der Waals surface area contributed by atoms with Crippen molar-refractivity contribution in [1.29, 1.82) is 0 Å². The third-order valence-corrected chi connectivity index (χ3v) is 5.17. The fraction of sp³-hybridized carbons (Fsp3) is 0.476. The van der Waals surface area contributed by atoms with Crippen LogP contribution in [0.1, 0.15) is 43.9 Å². The van der Waals surface area contributed by atoms with Crippen LogP contribution in [0.5, 0.6) is 0 Å². The van der Waals surface area contributed by atoms with Gasteiger partial charge in [0.2, 0.25) is 0 Å². The van der Waals surface area contributed by atoms with Gasteiger partial charge in [-0.2, -0.15) is 14.6 Å². The summed E-state index contributed by atoms with van der Waals surface area (Å²) in [5.41, 5.74) is 2.94. The van der Waals surface area contributed by atoms with E-state index in [4.69, 9.17) is 9.47 Å². The monoisotopic (exact) mass is 381 g/mol. The van der Waals surface area contributed by atoms with Crippen molar-refractivity contribution in [3.8, 4) is 0 Å². The normalized spacial score (nSPS) is 19.8. The fourth-order valence-corrected chi connectivity index (χ4v) is 3.80. The number of hydrogen-bond acceptors (Lipinski definition) is 6. The zero-order valence-corrected chi connectivity index (χ0v) is 16.5. The lowest BCUT2D eigenvalue weighted by Crippen LogP contribution is -2.21. The molecule has 2 heterocycles. The van der Waals surface area contributed by atoms with Gasteiger partial charge in [-0.25, -0.2) is 4.98 Å². The molecule has 7 nitrogen and oxygen atoms in total. The number of hydrogen-bond donors (Lipinski definition) is 1. The van der Waals surface area contributed by atoms with Gasteiger partial charge < -0.3 is 14.8 Å². The predicted octanol–water partition coefficient (Wildman–Crippen LogP) is 4.11. The van der Waals surface area contributed by atoms with E-state index in [2.05, 4.69) is 39.4 Å². The van der Waals surface area contributed by atoms with Crippen LogP contribution in [-0.2, 0) is 22.7 Å². The van der Waals surface area contributed by atoms with Gasteiger partial charge in [-0.3, -0.25) is 0 Å². The van der Waals surface area contributed by atoms with Gasteiger partial charge in [0.15, 0.2) is 0 Å². The second-order valence-electron chi connectivity index (χ2n) is 7.57. The van der Waals surface area contributed by atoms with E-state index in [1.807, 2.05) is 18.2 Å². The van der Waals surface area contributed by atoms with Gasteiger partial charge >= 0.3 is 0 Å². The van der Waals surface area contributed by atoms with Gasteiger partial charge in [-0.15, -0.1) is 0 Å². The maximum absolute atomic E-state index is 6.17. The summed E-state index contributed by atoms with van der Waals surface area (Å²) < 4.78 is 13.1. The summed E-state index contributed by atoms with van der Waals surface area (Å²) in [5, 5.41) is 7.68. The maximum Gasteiger partial charge on any atom is 0.254 e. The first-order valence-corrected chi connectivity index (χ1v) is 9.87. The molecule has 1 aromatic carbocycles. The highest BCUT2D eigenvalue weighted by atomic mass is 16.5. The van der Waals surface area contributed by atoms with Crippen LogP contribution in [0.4, 0.5) is 11.5 Å². The van der Waals surface area contributed by atoms with E-state index >= 15 is 0 Å². The molecule has 1 fully saturated rings. The average molecular weight is 381 g/mol. The highest BCUT2D eigenvalue weighted by molar-refractivity contribution is 5.59. The van der Waals surface area contributed by atoms with E-state index < -0.39 is 0 Å². The molecule has 1 aliphatic rings. The van der Waals surface area contributed by atoms with E-state index in [1.54, 1.807) is 11.6 Å². The van der Waals surface area contributed by atoms with Gasteiger partial charge in [0.25, 0.3) is 5.78 Å². The molecule has 148 valence electrons. The second kappa shape index (κ2) is 8.67. The lowest BCUT2D eigenvalue weighted by Gasteiger charge is -2.26. The van der Waals surface area contributed by atoms with Crippen LogP contribution in [0.15, 0.2) is 36.7 Å². The minimum absolute atomic E-state index is 0.381. The molecule has 0 radical (unpaired) electrons. The number of ether oxygens (including phenoxy) is 2. The summed E-state index contributed by atoms with van der Waals surface area (Å²) in [6.45, 7) is 3.38. The summed E-state index contributed by atoms with van der Waals surface area (Å²) in [6.07, 6.45) is 6.82. The number of rotatable bonds is 7. The molecule has 1 aliphatic carbocycles. The maximum atomic E-state index is 6.17. The smallest absolute Gasteiger partial charge is 0.254 e. The van der Waals surface area contributed by atoms with Crippen molar-refractivity contribution in [2.75, 3.05) is 12.4 Å². The number of benzene rings is 1. The Morgan fingerprint density at radius 3 is 3.00 bits per heavy atom. The van der Waals surface area contributed by atoms with Crippen molar-refractivity contribution in [2.24, 2.45) is 5.92 Å². The lowest BCUT2D eigenvalue weighted by molar-refractivity contribution is 0.00469. The number of fused-ring (bicyclic) bond motifs is 1. The van der Waals surface area contributed by atoms with Crippen LogP contribution < -0.4 is 5.32 Å². The first-order valence-electron chi connectivity index (χ1n) is 9.87. The van der Waals surface area contributed by atoms with Crippen LogP contribution in [0.3, 0.4) is 0 Å². The van der Waals surface area contributed by atoms with Crippen LogP contribution >= 0.6 is 0 Å². The molecule has 0 amide bonds. The molecule has 7 heteroatoms. The Hall–Kier alpha value is -2.51. The van der Waals surface area contributed by atoms with Gasteiger partial charge in [-0.1, -0.05) is 31.9 Å². The average Bonchev–Trinajstić information content (AvgIpc) is 3.16. The molecule has 0 aliphatic heterocycles. The first kappa shape index (κ1) is 18.8. The van der Waals surface area contributed by atoms with Crippen LogP contribution in [0.2, 0.25) is 0 Å². The molecule has 2 atom stereocenters. The molecular formula is C21H27N5O2. The zero-order chi connectivity index (χ0) is 19.3. The molecule has 3 aromatic rings. The highest BCUT2D eigenvalue weighted by Crippen LogP contribution is 2.27. The zero-order valence-electron chi connectivity index (χ0n) is 16.5. The number of aromatic nitrogens is 4. The molecule has 1 saturated carbocycles. The Balaban J connectivity index is 1.47. The van der Waals surface area contributed by atoms with Crippen LogP contribution in [-0.4, -0.2) is 32.8 Å². The summed E-state index contributed by atoms with van der Waals surface area (Å²) in [6, 6.07) is 10.2. The highest BCUT2D eigenvalue weighted by Gasteiger charge is 2.19. The molecule has 2 aromatic heterocycles. The SMILES string of the molecule is COCc1cc(Nc2cccc(COC3CCCC(C)C3)c2)n2ncnc2n1. The Morgan fingerprint density at radius 2 is 2.14 bits per heavy atom. The van der Waals surface area contributed by atoms with Crippen LogP contribution in [0.25, 0.3) is 5.78 Å². The van der Waals surface area contributed by atoms with E-state index in [9.17, 15) is 0 Å². The summed E-state index contributed by atoms with van der Waals surface area (Å²) in [5.74, 6) is 2.11. The van der Waals surface area contributed by atoms with Crippen molar-refractivity contribution >= 4 is 17.3 Å². The van der Waals surface area contributed by atoms with Crippen molar-refractivity contribution < 1.29 is 9.47 Å². The first-order chi connectivity index (χ1) is 13.7. The third kappa shape index (κ3) is 4.48. The number of nitrogens with one attached hydrogen (secondary N) is 1. The van der Waals surface area contributed by atoms with Crippen molar-refractivity contribution in [1.82, 2.24) is 19.6 Å². The number of nitrogens with zero attached hydrogens (tertiary/aromatic N) is 4. The predicted molar refractivity (Wildman–Crippen MR) is 107 cm³/mol. The standard InChI is InChI=1S/C21H27N5O2/c1-15-5-3-8-19(9-15)28-12-16-6-4-7-17(10-16)24-20-11-18(13-27-2)25-21-22-14-23-26(20)21/h4,6-7,10-11,14-15,19,24H,3,5,8-9,12-13H2,1-2H3. The van der Waals surface area contributed by atoms with Gasteiger partial charge in [0.1, 0.15) is 12.1 Å². The molecule has 28 heavy (non-hydrogen) atoms. The van der Waals surface area contributed by atoms with E-state index in [0.29, 0.717) is 25.1 Å². The number of methoxy groups -OCH3 is 1. The van der Waals surface area contributed by atoms with E-state index in [1.165, 1.54) is 32.0 Å². The molecule has 0 spiro atoms. The molecule has 2 unspecified atom stereocenters. The van der Waals surface area contributed by atoms with E-state index in [0.717, 1.165) is 28.7 Å². The summed E-state index contributed by atoms with van der Waals surface area (Å²) >= 11 is 0. The minimum atomic E-state index is 0.381. The minimum Gasteiger partial charge on any atom is -0.378 e. The summed E-state index contributed by atoms with van der Waals surface area (Å²) in [4.78, 5) is 8.63. The van der Waals surface area contributed by atoms with Gasteiger partial charge in [0.05, 0.1) is 25.0 Å². The lowest BCUT2D eigenvalue weighted by atomic mass is 9.89. The Bertz CT molecular complexity index is 926. The summed E-state index contributed by atoms with van der Waals surface area (Å²) in [7, 11) is 1.65. The van der Waals surface area contributed by atoms with Crippen molar-refractivity contribution in [3.05, 3.63) is 47.9 Å². The van der Waals surface area contributed by atoms with Crippen LogP contribution in [0, 0.1) is 5.92 Å². The Morgan fingerprint density at radius 1 is 1.21 bits per heavy atom. The quantitative estimate of drug-likeness (QED) is 0.664.